The van der Waals surface area contributed by atoms with Crippen molar-refractivity contribution in [2.75, 3.05) is 13.1 Å². The number of hydrogen-bond acceptors (Lipinski definition) is 5. The molecule has 124 valence electrons. The molecule has 1 amide bonds. The van der Waals surface area contributed by atoms with Crippen molar-refractivity contribution in [2.45, 2.75) is 25.8 Å². The highest BCUT2D eigenvalue weighted by molar-refractivity contribution is 6.06. The summed E-state index contributed by atoms with van der Waals surface area (Å²) in [6.45, 7) is 2.90. The molecule has 3 aromatic rings. The lowest BCUT2D eigenvalue weighted by molar-refractivity contribution is 0.0673. The maximum absolute atomic E-state index is 13.0. The summed E-state index contributed by atoms with van der Waals surface area (Å²) < 4.78 is 7.38. The third-order valence-electron chi connectivity index (χ3n) is 4.47. The Morgan fingerprint density at radius 2 is 2.33 bits per heavy atom. The molecule has 1 fully saturated rings. The van der Waals surface area contributed by atoms with Crippen LogP contribution in [0, 0.1) is 6.92 Å². The molecule has 0 radical (unpaired) electrons. The molecule has 0 bridgehead atoms. The molecule has 0 spiro atoms. The molecule has 1 aliphatic rings. The number of piperidine rings is 1. The van der Waals surface area contributed by atoms with Gasteiger partial charge < -0.3 is 14.3 Å². The summed E-state index contributed by atoms with van der Waals surface area (Å²) >= 11 is 0. The summed E-state index contributed by atoms with van der Waals surface area (Å²) in [4.78, 5) is 33.4. The highest BCUT2D eigenvalue weighted by atomic mass is 16.3. The van der Waals surface area contributed by atoms with Crippen LogP contribution in [0.5, 0.6) is 0 Å². The molecule has 1 saturated heterocycles. The van der Waals surface area contributed by atoms with Crippen LogP contribution in [0.25, 0.3) is 11.1 Å². The lowest BCUT2D eigenvalue weighted by Gasteiger charge is -2.32. The molecular weight excluding hydrogens is 310 g/mol. The minimum atomic E-state index is -0.360. The lowest BCUT2D eigenvalue weighted by atomic mass is 10.0. The standard InChI is InChI=1S/C16H17N5O3/c1-10-12(13-14(22)17-9-18-15(13)24-10)16(23)20-6-2-4-11(8-20)21-7-3-5-19-21/h3,5,7,9,11H,2,4,6,8H2,1H3,(H,17,18,22)/t11-/m1/s1. The van der Waals surface area contributed by atoms with Gasteiger partial charge in [-0.2, -0.15) is 5.10 Å². The van der Waals surface area contributed by atoms with Crippen molar-refractivity contribution in [3.63, 3.8) is 0 Å². The number of hydrogen-bond donors (Lipinski definition) is 1. The predicted octanol–water partition coefficient (Wildman–Crippen LogP) is 1.50. The van der Waals surface area contributed by atoms with E-state index in [4.69, 9.17) is 4.42 Å². The first kappa shape index (κ1) is 14.7. The molecular formula is C16H17N5O3. The summed E-state index contributed by atoms with van der Waals surface area (Å²) in [5.41, 5.74) is 0.140. The van der Waals surface area contributed by atoms with Gasteiger partial charge in [-0.25, -0.2) is 4.98 Å². The summed E-state index contributed by atoms with van der Waals surface area (Å²) in [6, 6.07) is 2.02. The Bertz CT molecular complexity index is 940. The molecule has 0 aliphatic carbocycles. The number of rotatable bonds is 2. The van der Waals surface area contributed by atoms with Gasteiger partial charge in [0, 0.05) is 25.5 Å². The SMILES string of the molecule is Cc1oc2nc[nH]c(=O)c2c1C(=O)N1CCC[C@@H](n2cccn2)C1. The fourth-order valence-electron chi connectivity index (χ4n) is 3.32. The van der Waals surface area contributed by atoms with Gasteiger partial charge in [-0.15, -0.1) is 0 Å². The number of furan rings is 1. The largest absolute Gasteiger partial charge is 0.442 e. The zero-order valence-corrected chi connectivity index (χ0v) is 13.2. The summed E-state index contributed by atoms with van der Waals surface area (Å²) in [5, 5.41) is 4.50. The molecule has 4 rings (SSSR count). The Labute approximate surface area is 137 Å². The van der Waals surface area contributed by atoms with Gasteiger partial charge >= 0.3 is 0 Å². The minimum Gasteiger partial charge on any atom is -0.442 e. The van der Waals surface area contributed by atoms with Crippen LogP contribution in [0.3, 0.4) is 0 Å². The molecule has 3 aromatic heterocycles. The maximum Gasteiger partial charge on any atom is 0.262 e. The van der Waals surface area contributed by atoms with Crippen molar-refractivity contribution < 1.29 is 9.21 Å². The smallest absolute Gasteiger partial charge is 0.262 e. The van der Waals surface area contributed by atoms with Crippen LogP contribution in [0.15, 0.2) is 34.0 Å². The molecule has 1 N–H and O–H groups in total. The highest BCUT2D eigenvalue weighted by Crippen LogP contribution is 2.26. The van der Waals surface area contributed by atoms with Gasteiger partial charge in [-0.05, 0) is 25.8 Å². The van der Waals surface area contributed by atoms with Gasteiger partial charge in [0.05, 0.1) is 17.9 Å². The molecule has 0 saturated carbocycles. The van der Waals surface area contributed by atoms with Crippen molar-refractivity contribution in [1.29, 1.82) is 0 Å². The van der Waals surface area contributed by atoms with Crippen LogP contribution < -0.4 is 5.56 Å². The molecule has 4 heterocycles. The first-order valence-electron chi connectivity index (χ1n) is 7.90. The van der Waals surface area contributed by atoms with Gasteiger partial charge in [-0.1, -0.05) is 0 Å². The second kappa shape index (κ2) is 5.63. The number of nitrogens with zero attached hydrogens (tertiary/aromatic N) is 4. The average molecular weight is 327 g/mol. The van der Waals surface area contributed by atoms with Crippen molar-refractivity contribution in [3.8, 4) is 0 Å². The maximum atomic E-state index is 13.0. The van der Waals surface area contributed by atoms with E-state index < -0.39 is 0 Å². The minimum absolute atomic E-state index is 0.146. The number of nitrogens with one attached hydrogen (secondary N) is 1. The summed E-state index contributed by atoms with van der Waals surface area (Å²) in [5.74, 6) is 0.224. The van der Waals surface area contributed by atoms with E-state index in [2.05, 4.69) is 15.1 Å². The van der Waals surface area contributed by atoms with Gasteiger partial charge in [-0.3, -0.25) is 14.3 Å². The first-order chi connectivity index (χ1) is 11.6. The lowest BCUT2D eigenvalue weighted by Crippen LogP contribution is -2.41. The van der Waals surface area contributed by atoms with E-state index in [1.54, 1.807) is 18.0 Å². The topological polar surface area (TPSA) is 97.0 Å². The number of H-pyrrole nitrogens is 1. The van der Waals surface area contributed by atoms with E-state index in [1.807, 2.05) is 16.9 Å². The molecule has 1 aliphatic heterocycles. The Balaban J connectivity index is 1.69. The van der Waals surface area contributed by atoms with Crippen molar-refractivity contribution >= 4 is 17.0 Å². The first-order valence-corrected chi connectivity index (χ1v) is 7.90. The van der Waals surface area contributed by atoms with Crippen LogP contribution in [0.2, 0.25) is 0 Å². The van der Waals surface area contributed by atoms with E-state index in [1.165, 1.54) is 6.33 Å². The molecule has 0 aromatic carbocycles. The van der Waals surface area contributed by atoms with E-state index in [9.17, 15) is 9.59 Å². The van der Waals surface area contributed by atoms with Crippen molar-refractivity contribution in [3.05, 3.63) is 46.5 Å². The number of fused-ring (bicyclic) bond motifs is 1. The Hall–Kier alpha value is -2.90. The highest BCUT2D eigenvalue weighted by Gasteiger charge is 2.30. The van der Waals surface area contributed by atoms with Crippen LogP contribution >= 0.6 is 0 Å². The monoisotopic (exact) mass is 327 g/mol. The third kappa shape index (κ3) is 2.31. The fourth-order valence-corrected chi connectivity index (χ4v) is 3.32. The number of aromatic nitrogens is 4. The van der Waals surface area contributed by atoms with Gasteiger partial charge in [0.1, 0.15) is 11.1 Å². The van der Waals surface area contributed by atoms with Crippen LogP contribution in [0.4, 0.5) is 0 Å². The number of likely N-dealkylation sites (tertiary alicyclic amines) is 1. The molecule has 8 heteroatoms. The Morgan fingerprint density at radius 1 is 1.46 bits per heavy atom. The molecule has 24 heavy (non-hydrogen) atoms. The zero-order chi connectivity index (χ0) is 16.7. The number of carbonyl (C=O) groups excluding carboxylic acids is 1. The van der Waals surface area contributed by atoms with E-state index in [-0.39, 0.29) is 28.6 Å². The van der Waals surface area contributed by atoms with Gasteiger partial charge in [0.15, 0.2) is 0 Å². The van der Waals surface area contributed by atoms with Gasteiger partial charge in [0.25, 0.3) is 11.5 Å². The van der Waals surface area contributed by atoms with Crippen molar-refractivity contribution in [2.24, 2.45) is 0 Å². The zero-order valence-electron chi connectivity index (χ0n) is 13.2. The number of aromatic amines is 1. The number of aryl methyl sites for hydroxylation is 1. The van der Waals surface area contributed by atoms with Crippen LogP contribution in [-0.4, -0.2) is 43.6 Å². The van der Waals surface area contributed by atoms with Crippen LogP contribution in [0.1, 0.15) is 35.0 Å². The Kier molecular flexibility index (Phi) is 3.44. The second-order valence-corrected chi connectivity index (χ2v) is 5.98. The predicted molar refractivity (Wildman–Crippen MR) is 85.8 cm³/mol. The third-order valence-corrected chi connectivity index (χ3v) is 4.47. The fraction of sp³-hybridized carbons (Fsp3) is 0.375. The van der Waals surface area contributed by atoms with Crippen molar-refractivity contribution in [1.82, 2.24) is 24.6 Å². The van der Waals surface area contributed by atoms with Crippen LogP contribution in [-0.2, 0) is 0 Å². The number of amides is 1. The Morgan fingerprint density at radius 3 is 3.12 bits per heavy atom. The van der Waals surface area contributed by atoms with E-state index in [0.717, 1.165) is 12.8 Å². The molecule has 8 nitrogen and oxygen atoms in total. The van der Waals surface area contributed by atoms with Gasteiger partial charge in [0.2, 0.25) is 5.71 Å². The quantitative estimate of drug-likeness (QED) is 0.769. The normalized spacial score (nSPS) is 18.2. The molecule has 1 atom stereocenters. The number of carbonyl (C=O) groups is 1. The summed E-state index contributed by atoms with van der Waals surface area (Å²) in [6.07, 6.45) is 6.78. The second-order valence-electron chi connectivity index (χ2n) is 5.98. The summed E-state index contributed by atoms with van der Waals surface area (Å²) in [7, 11) is 0. The molecule has 0 unspecified atom stereocenters. The van der Waals surface area contributed by atoms with E-state index >= 15 is 0 Å². The van der Waals surface area contributed by atoms with E-state index in [0.29, 0.717) is 24.4 Å². The average Bonchev–Trinajstić information content (AvgIpc) is 3.22.